The van der Waals surface area contributed by atoms with Gasteiger partial charge in [-0.3, -0.25) is 4.79 Å². The van der Waals surface area contributed by atoms with Crippen molar-refractivity contribution in [3.63, 3.8) is 0 Å². The first-order valence-corrected chi connectivity index (χ1v) is 4.78. The lowest BCUT2D eigenvalue weighted by Crippen LogP contribution is -2.01. The molecule has 0 saturated heterocycles. The fourth-order valence-electron chi connectivity index (χ4n) is 1.40. The predicted molar refractivity (Wildman–Crippen MR) is 58.0 cm³/mol. The summed E-state index contributed by atoms with van der Waals surface area (Å²) in [5.41, 5.74) is 1.65. The summed E-state index contributed by atoms with van der Waals surface area (Å²) >= 11 is 0. The number of aryl methyl sites for hydroxylation is 1. The number of para-hydroxylation sites is 2. The Hall–Kier alpha value is -2.17. The number of nitrogens with zero attached hydrogens (tertiary/aromatic N) is 3. The first-order chi connectivity index (χ1) is 7.76. The molecule has 0 aliphatic heterocycles. The van der Waals surface area contributed by atoms with E-state index in [1.807, 2.05) is 24.3 Å². The van der Waals surface area contributed by atoms with Gasteiger partial charge < -0.3 is 4.74 Å². The van der Waals surface area contributed by atoms with Crippen LogP contribution in [-0.2, 0) is 0 Å². The lowest BCUT2D eigenvalue weighted by atomic mass is 10.3. The summed E-state index contributed by atoms with van der Waals surface area (Å²) in [5, 5.41) is 8.22. The van der Waals surface area contributed by atoms with Crippen LogP contribution >= 0.6 is 0 Å². The van der Waals surface area contributed by atoms with E-state index in [9.17, 15) is 4.79 Å². The van der Waals surface area contributed by atoms with Gasteiger partial charge in [0, 0.05) is 0 Å². The van der Waals surface area contributed by atoms with E-state index in [2.05, 4.69) is 10.2 Å². The Balaban J connectivity index is 2.53. The van der Waals surface area contributed by atoms with Crippen LogP contribution in [0.3, 0.4) is 0 Å². The van der Waals surface area contributed by atoms with Gasteiger partial charge in [0.15, 0.2) is 6.29 Å². The molecule has 5 heteroatoms. The van der Waals surface area contributed by atoms with Gasteiger partial charge in [-0.2, -0.15) is 5.10 Å². The van der Waals surface area contributed by atoms with Crippen LogP contribution in [0.25, 0.3) is 5.69 Å². The molecular weight excluding hydrogens is 206 g/mol. The molecule has 0 bridgehead atoms. The highest BCUT2D eigenvalue weighted by atomic mass is 16.5. The molecule has 0 aliphatic rings. The summed E-state index contributed by atoms with van der Waals surface area (Å²) in [4.78, 5) is 12.1. The van der Waals surface area contributed by atoms with Crippen LogP contribution in [0.5, 0.6) is 5.75 Å². The topological polar surface area (TPSA) is 57.0 Å². The van der Waals surface area contributed by atoms with E-state index in [-0.39, 0.29) is 0 Å². The molecule has 0 amide bonds. The standard InChI is InChI=1S/C11H11N3O2/c1-8-9(7-15)13-14(12-8)10-5-3-4-6-11(10)16-2/h3-7H,1-2H3. The monoisotopic (exact) mass is 217 g/mol. The number of carbonyl (C=O) groups excluding carboxylic acids is 1. The van der Waals surface area contributed by atoms with Crippen LogP contribution in [0.4, 0.5) is 0 Å². The maximum Gasteiger partial charge on any atom is 0.172 e. The van der Waals surface area contributed by atoms with Gasteiger partial charge >= 0.3 is 0 Å². The summed E-state index contributed by atoms with van der Waals surface area (Å²) in [7, 11) is 1.58. The minimum Gasteiger partial charge on any atom is -0.494 e. The van der Waals surface area contributed by atoms with Gasteiger partial charge in [0.2, 0.25) is 0 Å². The van der Waals surface area contributed by atoms with Gasteiger partial charge in [-0.15, -0.1) is 9.90 Å². The van der Waals surface area contributed by atoms with Crippen molar-refractivity contribution in [2.24, 2.45) is 0 Å². The van der Waals surface area contributed by atoms with Crippen molar-refractivity contribution in [2.45, 2.75) is 6.92 Å². The zero-order valence-electron chi connectivity index (χ0n) is 9.04. The molecule has 5 nitrogen and oxygen atoms in total. The van der Waals surface area contributed by atoms with E-state index in [0.717, 1.165) is 0 Å². The van der Waals surface area contributed by atoms with E-state index in [4.69, 9.17) is 4.74 Å². The Bertz CT molecular complexity index is 520. The summed E-state index contributed by atoms with van der Waals surface area (Å²) in [6.45, 7) is 1.74. The Morgan fingerprint density at radius 2 is 2.06 bits per heavy atom. The van der Waals surface area contributed by atoms with Gasteiger partial charge in [-0.05, 0) is 19.1 Å². The maximum atomic E-state index is 10.7. The van der Waals surface area contributed by atoms with E-state index in [1.54, 1.807) is 14.0 Å². The highest BCUT2D eigenvalue weighted by Gasteiger charge is 2.10. The quantitative estimate of drug-likeness (QED) is 0.729. The number of rotatable bonds is 3. The molecule has 16 heavy (non-hydrogen) atoms. The highest BCUT2D eigenvalue weighted by Crippen LogP contribution is 2.20. The molecule has 0 spiro atoms. The third-order valence-corrected chi connectivity index (χ3v) is 2.23. The van der Waals surface area contributed by atoms with Crippen LogP contribution in [0.15, 0.2) is 24.3 Å². The van der Waals surface area contributed by atoms with Crippen molar-refractivity contribution >= 4 is 6.29 Å². The fraction of sp³-hybridized carbons (Fsp3) is 0.182. The van der Waals surface area contributed by atoms with Crippen LogP contribution < -0.4 is 4.74 Å². The Labute approximate surface area is 92.7 Å². The molecule has 0 radical (unpaired) electrons. The van der Waals surface area contributed by atoms with Crippen molar-refractivity contribution in [2.75, 3.05) is 7.11 Å². The van der Waals surface area contributed by atoms with E-state index < -0.39 is 0 Å². The molecule has 1 aromatic carbocycles. The van der Waals surface area contributed by atoms with E-state index in [1.165, 1.54) is 4.80 Å². The van der Waals surface area contributed by atoms with Crippen LogP contribution in [0.2, 0.25) is 0 Å². The first-order valence-electron chi connectivity index (χ1n) is 4.78. The second kappa shape index (κ2) is 4.14. The second-order valence-corrected chi connectivity index (χ2v) is 3.25. The molecule has 2 rings (SSSR count). The van der Waals surface area contributed by atoms with Crippen molar-refractivity contribution in [1.82, 2.24) is 15.0 Å². The fourth-order valence-corrected chi connectivity index (χ4v) is 1.40. The van der Waals surface area contributed by atoms with Gasteiger partial charge in [-0.1, -0.05) is 12.1 Å². The number of methoxy groups -OCH3 is 1. The highest BCUT2D eigenvalue weighted by molar-refractivity contribution is 5.73. The SMILES string of the molecule is COc1ccccc1-n1nc(C)c(C=O)n1. The molecule has 82 valence electrons. The smallest absolute Gasteiger partial charge is 0.172 e. The number of hydrogen-bond acceptors (Lipinski definition) is 4. The van der Waals surface area contributed by atoms with Crippen LogP contribution in [0, 0.1) is 6.92 Å². The maximum absolute atomic E-state index is 10.7. The lowest BCUT2D eigenvalue weighted by molar-refractivity contribution is 0.111. The second-order valence-electron chi connectivity index (χ2n) is 3.25. The third-order valence-electron chi connectivity index (χ3n) is 2.23. The predicted octanol–water partition coefficient (Wildman–Crippen LogP) is 1.40. The average Bonchev–Trinajstić information content (AvgIpc) is 2.70. The molecule has 0 atom stereocenters. The minimum absolute atomic E-state index is 0.339. The molecule has 0 aliphatic carbocycles. The number of ether oxygens (including phenoxy) is 1. The number of aromatic nitrogens is 3. The average molecular weight is 217 g/mol. The van der Waals surface area contributed by atoms with Gasteiger partial charge in [0.1, 0.15) is 17.1 Å². The zero-order chi connectivity index (χ0) is 11.5. The molecule has 0 N–H and O–H groups in total. The summed E-state index contributed by atoms with van der Waals surface area (Å²) in [6.07, 6.45) is 0.689. The molecule has 1 aromatic heterocycles. The molecule has 0 fully saturated rings. The van der Waals surface area contributed by atoms with Crippen molar-refractivity contribution in [3.8, 4) is 11.4 Å². The third kappa shape index (κ3) is 1.67. The number of hydrogen-bond donors (Lipinski definition) is 0. The Kier molecular flexibility index (Phi) is 2.68. The minimum atomic E-state index is 0.339. The van der Waals surface area contributed by atoms with Gasteiger partial charge in [-0.25, -0.2) is 0 Å². The first kappa shape index (κ1) is 10.4. The summed E-state index contributed by atoms with van der Waals surface area (Å²) < 4.78 is 5.19. The Morgan fingerprint density at radius 3 is 2.69 bits per heavy atom. The van der Waals surface area contributed by atoms with Crippen molar-refractivity contribution in [1.29, 1.82) is 0 Å². The zero-order valence-corrected chi connectivity index (χ0v) is 9.04. The lowest BCUT2D eigenvalue weighted by Gasteiger charge is -2.05. The Morgan fingerprint density at radius 1 is 1.31 bits per heavy atom. The number of benzene rings is 1. The van der Waals surface area contributed by atoms with Crippen LogP contribution in [-0.4, -0.2) is 28.4 Å². The van der Waals surface area contributed by atoms with Gasteiger partial charge in [0.25, 0.3) is 0 Å². The summed E-state index contributed by atoms with van der Waals surface area (Å²) in [5.74, 6) is 0.662. The number of aldehydes is 1. The molecule has 0 unspecified atom stereocenters. The van der Waals surface area contributed by atoms with Crippen molar-refractivity contribution < 1.29 is 9.53 Å². The van der Waals surface area contributed by atoms with Crippen LogP contribution in [0.1, 0.15) is 16.2 Å². The molecular formula is C11H11N3O2. The van der Waals surface area contributed by atoms with E-state index in [0.29, 0.717) is 29.1 Å². The number of carbonyl (C=O) groups is 1. The summed E-state index contributed by atoms with van der Waals surface area (Å²) in [6, 6.07) is 7.36. The van der Waals surface area contributed by atoms with E-state index >= 15 is 0 Å². The molecule has 0 saturated carbocycles. The normalized spacial score (nSPS) is 10.1. The van der Waals surface area contributed by atoms with Crippen molar-refractivity contribution in [3.05, 3.63) is 35.7 Å². The molecule has 1 heterocycles. The molecule has 2 aromatic rings. The largest absolute Gasteiger partial charge is 0.494 e. The van der Waals surface area contributed by atoms with Gasteiger partial charge in [0.05, 0.1) is 12.8 Å².